The second kappa shape index (κ2) is 7.92. The van der Waals surface area contributed by atoms with Crippen molar-refractivity contribution in [3.05, 3.63) is 88.1 Å². The topological polar surface area (TPSA) is 80.4 Å². The molecular formula is C20H14BrClN6. The minimum atomic E-state index is 0.288. The molecule has 0 saturated carbocycles. The van der Waals surface area contributed by atoms with Crippen LogP contribution in [0.3, 0.4) is 0 Å². The number of halogens is 2. The van der Waals surface area contributed by atoms with E-state index in [4.69, 9.17) is 17.3 Å². The Morgan fingerprint density at radius 1 is 0.964 bits per heavy atom. The van der Waals surface area contributed by atoms with E-state index in [0.717, 1.165) is 21.4 Å². The number of amidine groups is 1. The van der Waals surface area contributed by atoms with E-state index < -0.39 is 0 Å². The van der Waals surface area contributed by atoms with Crippen LogP contribution in [-0.4, -0.2) is 15.4 Å². The fraction of sp³-hybridized carbons (Fsp3) is 0. The Bertz CT molecular complexity index is 1180. The number of hydrogen-bond donors (Lipinski definition) is 1. The van der Waals surface area contributed by atoms with E-state index in [0.29, 0.717) is 16.3 Å². The maximum atomic E-state index is 6.47. The van der Waals surface area contributed by atoms with Crippen LogP contribution in [0.15, 0.2) is 92.8 Å². The predicted octanol–water partition coefficient (Wildman–Crippen LogP) is 6.20. The van der Waals surface area contributed by atoms with Crippen LogP contribution in [0, 0.1) is 0 Å². The lowest BCUT2D eigenvalue weighted by molar-refractivity contribution is 0.937. The molecule has 0 unspecified atom stereocenters. The monoisotopic (exact) mass is 452 g/mol. The van der Waals surface area contributed by atoms with E-state index in [2.05, 4.69) is 36.2 Å². The quantitative estimate of drug-likeness (QED) is 0.227. The molecule has 2 aromatic heterocycles. The summed E-state index contributed by atoms with van der Waals surface area (Å²) in [6.07, 6.45) is 3.42. The maximum Gasteiger partial charge on any atom is 0.134 e. The minimum absolute atomic E-state index is 0.288. The first-order valence-corrected chi connectivity index (χ1v) is 9.51. The highest BCUT2D eigenvalue weighted by Gasteiger charge is 2.11. The van der Waals surface area contributed by atoms with Crippen molar-refractivity contribution in [2.45, 2.75) is 0 Å². The zero-order valence-corrected chi connectivity index (χ0v) is 16.8. The molecule has 0 amide bonds. The molecule has 0 saturated heterocycles. The first kappa shape index (κ1) is 18.3. The van der Waals surface area contributed by atoms with Crippen molar-refractivity contribution >= 4 is 55.9 Å². The van der Waals surface area contributed by atoms with E-state index in [1.54, 1.807) is 10.7 Å². The fourth-order valence-corrected chi connectivity index (χ4v) is 3.27. The van der Waals surface area contributed by atoms with E-state index in [-0.39, 0.29) is 5.84 Å². The molecule has 0 bridgehead atoms. The molecule has 8 heteroatoms. The molecule has 4 rings (SSSR count). The van der Waals surface area contributed by atoms with Gasteiger partial charge in [0.1, 0.15) is 5.84 Å². The maximum absolute atomic E-state index is 6.47. The number of nitrogens with zero attached hydrogens (tertiary/aromatic N) is 5. The molecule has 2 aromatic carbocycles. The van der Waals surface area contributed by atoms with Gasteiger partial charge in [0.2, 0.25) is 0 Å². The molecule has 4 aromatic rings. The summed E-state index contributed by atoms with van der Waals surface area (Å²) in [6, 6.07) is 18.7. The highest BCUT2D eigenvalue weighted by atomic mass is 79.9. The Labute approximate surface area is 174 Å². The third-order valence-corrected chi connectivity index (χ3v) is 4.78. The second-order valence-corrected chi connectivity index (χ2v) is 7.20. The van der Waals surface area contributed by atoms with Gasteiger partial charge in [0.25, 0.3) is 0 Å². The van der Waals surface area contributed by atoms with Gasteiger partial charge in [-0.05, 0) is 58.4 Å². The summed E-state index contributed by atoms with van der Waals surface area (Å²) in [7, 11) is 0. The average molecular weight is 454 g/mol. The summed E-state index contributed by atoms with van der Waals surface area (Å²) >= 11 is 9.88. The van der Waals surface area contributed by atoms with Crippen LogP contribution >= 0.6 is 27.5 Å². The summed E-state index contributed by atoms with van der Waals surface area (Å²) in [4.78, 5) is 4.44. The fourth-order valence-electron chi connectivity index (χ4n) is 2.58. The van der Waals surface area contributed by atoms with Gasteiger partial charge in [-0.3, -0.25) is 0 Å². The van der Waals surface area contributed by atoms with Gasteiger partial charge in [-0.1, -0.05) is 29.8 Å². The molecule has 0 atom stereocenters. The van der Waals surface area contributed by atoms with Gasteiger partial charge < -0.3 is 5.73 Å². The molecule has 0 fully saturated rings. The summed E-state index contributed by atoms with van der Waals surface area (Å²) in [5, 5.41) is 13.2. The summed E-state index contributed by atoms with van der Waals surface area (Å²) in [5.74, 6) is 0.288. The molecule has 6 nitrogen and oxygen atoms in total. The van der Waals surface area contributed by atoms with Crippen molar-refractivity contribution in [2.24, 2.45) is 21.0 Å². The highest BCUT2D eigenvalue weighted by molar-refractivity contribution is 9.10. The van der Waals surface area contributed by atoms with Gasteiger partial charge in [0.05, 0.1) is 39.4 Å². The summed E-state index contributed by atoms with van der Waals surface area (Å²) < 4.78 is 2.56. The lowest BCUT2D eigenvalue weighted by Crippen LogP contribution is -2.14. The van der Waals surface area contributed by atoms with Crippen molar-refractivity contribution in [2.75, 3.05) is 0 Å². The minimum Gasteiger partial charge on any atom is -0.383 e. The molecule has 2 N–H and O–H groups in total. The first-order valence-electron chi connectivity index (χ1n) is 8.34. The standard InChI is InChI=1S/C20H14BrClN6/c21-13-10-18-19(22)17(11-24-28(18)12-13)20(23)25-14-6-8-16(9-7-14)27-26-15-4-2-1-3-5-15/h1-12H,(H2,23,25)/b27-26+. The molecule has 0 aliphatic carbocycles. The lowest BCUT2D eigenvalue weighted by atomic mass is 10.2. The number of aromatic nitrogens is 2. The zero-order valence-electron chi connectivity index (χ0n) is 14.5. The molecule has 0 aliphatic heterocycles. The van der Waals surface area contributed by atoms with Crippen LogP contribution in [-0.2, 0) is 0 Å². The van der Waals surface area contributed by atoms with E-state index in [1.165, 1.54) is 0 Å². The van der Waals surface area contributed by atoms with E-state index in [1.807, 2.05) is 66.9 Å². The van der Waals surface area contributed by atoms with Gasteiger partial charge in [-0.25, -0.2) is 9.51 Å². The molecule has 2 heterocycles. The third kappa shape index (κ3) is 3.95. The van der Waals surface area contributed by atoms with Crippen molar-refractivity contribution in [3.63, 3.8) is 0 Å². The molecule has 0 radical (unpaired) electrons. The largest absolute Gasteiger partial charge is 0.383 e. The third-order valence-electron chi connectivity index (χ3n) is 3.95. The number of rotatable bonds is 4. The van der Waals surface area contributed by atoms with E-state index in [9.17, 15) is 0 Å². The number of hydrogen-bond acceptors (Lipinski definition) is 4. The number of fused-ring (bicyclic) bond motifs is 1. The van der Waals surface area contributed by atoms with Crippen molar-refractivity contribution in [1.29, 1.82) is 0 Å². The Balaban J connectivity index is 1.57. The van der Waals surface area contributed by atoms with Crippen molar-refractivity contribution in [1.82, 2.24) is 9.61 Å². The van der Waals surface area contributed by atoms with Crippen LogP contribution < -0.4 is 5.73 Å². The Kier molecular flexibility index (Phi) is 5.18. The molecule has 138 valence electrons. The second-order valence-electron chi connectivity index (χ2n) is 5.91. The number of azo groups is 1. The van der Waals surface area contributed by atoms with Gasteiger partial charge in [-0.2, -0.15) is 15.3 Å². The Hall–Kier alpha value is -3.03. The predicted molar refractivity (Wildman–Crippen MR) is 115 cm³/mol. The smallest absolute Gasteiger partial charge is 0.134 e. The van der Waals surface area contributed by atoms with Gasteiger partial charge in [0.15, 0.2) is 0 Å². The Morgan fingerprint density at radius 2 is 1.61 bits per heavy atom. The van der Waals surface area contributed by atoms with Crippen LogP contribution in [0.5, 0.6) is 0 Å². The Morgan fingerprint density at radius 3 is 2.32 bits per heavy atom. The van der Waals surface area contributed by atoms with Crippen LogP contribution in [0.2, 0.25) is 5.02 Å². The van der Waals surface area contributed by atoms with Crippen LogP contribution in [0.4, 0.5) is 17.1 Å². The molecule has 28 heavy (non-hydrogen) atoms. The summed E-state index contributed by atoms with van der Waals surface area (Å²) in [5.41, 5.74) is 9.69. The van der Waals surface area contributed by atoms with Gasteiger partial charge in [-0.15, -0.1) is 0 Å². The number of aliphatic imine (C=N–C) groups is 1. The normalized spacial score (nSPS) is 12.1. The average Bonchev–Trinajstić information content (AvgIpc) is 3.10. The highest BCUT2D eigenvalue weighted by Crippen LogP contribution is 2.26. The van der Waals surface area contributed by atoms with Crippen LogP contribution in [0.1, 0.15) is 5.56 Å². The van der Waals surface area contributed by atoms with Crippen molar-refractivity contribution < 1.29 is 0 Å². The van der Waals surface area contributed by atoms with E-state index >= 15 is 0 Å². The van der Waals surface area contributed by atoms with Gasteiger partial charge >= 0.3 is 0 Å². The number of benzene rings is 2. The SMILES string of the molecule is N/C(=N\c1ccc(/N=N/c2ccccc2)cc1)c1cnn2cc(Br)cc2c1Cl. The molecule has 0 spiro atoms. The number of nitrogens with two attached hydrogens (primary N) is 1. The van der Waals surface area contributed by atoms with Crippen molar-refractivity contribution in [3.8, 4) is 0 Å². The molecule has 0 aliphatic rings. The zero-order chi connectivity index (χ0) is 19.5. The lowest BCUT2D eigenvalue weighted by Gasteiger charge is -2.05. The molecular weight excluding hydrogens is 440 g/mol. The first-order chi connectivity index (χ1) is 13.6. The van der Waals surface area contributed by atoms with Gasteiger partial charge in [0, 0.05) is 10.7 Å². The summed E-state index contributed by atoms with van der Waals surface area (Å²) in [6.45, 7) is 0. The van der Waals surface area contributed by atoms with Crippen LogP contribution in [0.25, 0.3) is 5.52 Å².